The average molecular weight is 295 g/mol. The van der Waals surface area contributed by atoms with Crippen LogP contribution in [0.4, 0.5) is 14.5 Å². The van der Waals surface area contributed by atoms with Gasteiger partial charge in [0.2, 0.25) is 0 Å². The lowest BCUT2D eigenvalue weighted by Gasteiger charge is -2.05. The molecule has 4 nitrogen and oxygen atoms in total. The van der Waals surface area contributed by atoms with Gasteiger partial charge in [-0.2, -0.15) is 13.9 Å². The number of halogens is 2. The van der Waals surface area contributed by atoms with Gasteiger partial charge >= 0.3 is 6.61 Å². The zero-order chi connectivity index (χ0) is 15.4. The van der Waals surface area contributed by atoms with E-state index in [-0.39, 0.29) is 5.75 Å². The van der Waals surface area contributed by atoms with Gasteiger partial charge < -0.3 is 10.5 Å². The number of nitrogens with two attached hydrogens (primary N) is 1. The lowest BCUT2D eigenvalue weighted by Crippen LogP contribution is -2.02. The molecule has 0 saturated carbocycles. The SMILES string of the molecule is CC(C)CCn1cc(N)c(-c2ccc(OC(F)F)cc2)n1. The third-order valence-corrected chi connectivity index (χ3v) is 3.08. The van der Waals surface area contributed by atoms with Crippen molar-refractivity contribution in [3.8, 4) is 17.0 Å². The fraction of sp³-hybridized carbons (Fsp3) is 0.400. The summed E-state index contributed by atoms with van der Waals surface area (Å²) in [6.07, 6.45) is 2.81. The normalized spacial score (nSPS) is 11.3. The monoisotopic (exact) mass is 295 g/mol. The number of rotatable bonds is 6. The van der Waals surface area contributed by atoms with E-state index in [1.54, 1.807) is 18.3 Å². The van der Waals surface area contributed by atoms with Crippen LogP contribution in [0.5, 0.6) is 5.75 Å². The minimum absolute atomic E-state index is 0.117. The predicted molar refractivity (Wildman–Crippen MR) is 78.2 cm³/mol. The van der Waals surface area contributed by atoms with E-state index in [1.165, 1.54) is 12.1 Å². The van der Waals surface area contributed by atoms with E-state index in [0.717, 1.165) is 18.5 Å². The molecule has 1 heterocycles. The van der Waals surface area contributed by atoms with Crippen molar-refractivity contribution in [1.82, 2.24) is 9.78 Å². The molecule has 2 rings (SSSR count). The summed E-state index contributed by atoms with van der Waals surface area (Å²) in [5.74, 6) is 0.705. The highest BCUT2D eigenvalue weighted by Crippen LogP contribution is 2.26. The second kappa shape index (κ2) is 6.56. The molecule has 0 aliphatic rings. The van der Waals surface area contributed by atoms with E-state index in [2.05, 4.69) is 23.7 Å². The van der Waals surface area contributed by atoms with Gasteiger partial charge in [-0.05, 0) is 36.6 Å². The smallest absolute Gasteiger partial charge is 0.387 e. The molecule has 1 aromatic heterocycles. The van der Waals surface area contributed by atoms with Crippen molar-refractivity contribution in [2.24, 2.45) is 5.92 Å². The Morgan fingerprint density at radius 1 is 1.24 bits per heavy atom. The maximum atomic E-state index is 12.1. The van der Waals surface area contributed by atoms with Gasteiger partial charge in [0.15, 0.2) is 0 Å². The third-order valence-electron chi connectivity index (χ3n) is 3.08. The minimum atomic E-state index is -2.82. The van der Waals surface area contributed by atoms with Crippen LogP contribution in [0.3, 0.4) is 0 Å². The van der Waals surface area contributed by atoms with E-state index in [0.29, 0.717) is 17.3 Å². The first kappa shape index (κ1) is 15.3. The van der Waals surface area contributed by atoms with Gasteiger partial charge in [0.25, 0.3) is 0 Å². The van der Waals surface area contributed by atoms with Crippen LogP contribution >= 0.6 is 0 Å². The molecular weight excluding hydrogens is 276 g/mol. The topological polar surface area (TPSA) is 53.1 Å². The van der Waals surface area contributed by atoms with Crippen LogP contribution < -0.4 is 10.5 Å². The number of benzene rings is 1. The second-order valence-electron chi connectivity index (χ2n) is 5.28. The lowest BCUT2D eigenvalue weighted by molar-refractivity contribution is -0.0498. The molecule has 0 atom stereocenters. The average Bonchev–Trinajstić information content (AvgIpc) is 2.78. The molecule has 0 saturated heterocycles. The van der Waals surface area contributed by atoms with Crippen LogP contribution in [0, 0.1) is 5.92 Å². The summed E-state index contributed by atoms with van der Waals surface area (Å²) in [5, 5.41) is 4.45. The van der Waals surface area contributed by atoms with Gasteiger partial charge in [0.1, 0.15) is 11.4 Å². The summed E-state index contributed by atoms with van der Waals surface area (Å²) in [4.78, 5) is 0. The summed E-state index contributed by atoms with van der Waals surface area (Å²) < 4.78 is 30.3. The summed E-state index contributed by atoms with van der Waals surface area (Å²) in [6.45, 7) is 2.27. The summed E-state index contributed by atoms with van der Waals surface area (Å²) in [7, 11) is 0. The second-order valence-corrected chi connectivity index (χ2v) is 5.28. The molecule has 114 valence electrons. The summed E-state index contributed by atoms with van der Waals surface area (Å²) in [5.41, 5.74) is 7.96. The Morgan fingerprint density at radius 3 is 2.48 bits per heavy atom. The van der Waals surface area contributed by atoms with Crippen molar-refractivity contribution in [2.45, 2.75) is 33.4 Å². The Hall–Kier alpha value is -2.11. The number of alkyl halides is 2. The molecule has 6 heteroatoms. The van der Waals surface area contributed by atoms with E-state index in [9.17, 15) is 8.78 Å². The summed E-state index contributed by atoms with van der Waals surface area (Å²) >= 11 is 0. The molecule has 2 N–H and O–H groups in total. The maximum Gasteiger partial charge on any atom is 0.387 e. The predicted octanol–water partition coefficient (Wildman–Crippen LogP) is 3.78. The number of hydrogen-bond donors (Lipinski definition) is 1. The van der Waals surface area contributed by atoms with Gasteiger partial charge in [0, 0.05) is 18.3 Å². The van der Waals surface area contributed by atoms with E-state index >= 15 is 0 Å². The van der Waals surface area contributed by atoms with Gasteiger partial charge in [0.05, 0.1) is 5.69 Å². The molecule has 0 amide bonds. The Labute approximate surface area is 122 Å². The van der Waals surface area contributed by atoms with Gasteiger partial charge in [-0.3, -0.25) is 4.68 Å². The number of nitrogens with zero attached hydrogens (tertiary/aromatic N) is 2. The number of hydrogen-bond acceptors (Lipinski definition) is 3. The number of nitrogen functional groups attached to an aromatic ring is 1. The molecular formula is C15H19F2N3O. The highest BCUT2D eigenvalue weighted by molar-refractivity contribution is 5.72. The van der Waals surface area contributed by atoms with Gasteiger partial charge in [-0.1, -0.05) is 13.8 Å². The first-order chi connectivity index (χ1) is 9.95. The first-order valence-electron chi connectivity index (χ1n) is 6.84. The fourth-order valence-electron chi connectivity index (χ4n) is 1.96. The molecule has 0 aliphatic carbocycles. The number of ether oxygens (including phenoxy) is 1. The van der Waals surface area contributed by atoms with Gasteiger partial charge in [-0.15, -0.1) is 0 Å². The largest absolute Gasteiger partial charge is 0.435 e. The van der Waals surface area contributed by atoms with E-state index in [4.69, 9.17) is 5.73 Å². The molecule has 1 aromatic carbocycles. The van der Waals surface area contributed by atoms with Crippen molar-refractivity contribution in [2.75, 3.05) is 5.73 Å². The molecule has 0 unspecified atom stereocenters. The van der Waals surface area contributed by atoms with Crippen LogP contribution in [-0.4, -0.2) is 16.4 Å². The quantitative estimate of drug-likeness (QED) is 0.882. The first-order valence-corrected chi connectivity index (χ1v) is 6.84. The standard InChI is InChI=1S/C15H19F2N3O/c1-10(2)7-8-20-9-13(18)14(19-20)11-3-5-12(6-4-11)21-15(16)17/h3-6,9-10,15H,7-8,18H2,1-2H3. The Balaban J connectivity index is 2.14. The lowest BCUT2D eigenvalue weighted by atomic mass is 10.1. The van der Waals surface area contributed by atoms with Crippen molar-refractivity contribution >= 4 is 5.69 Å². The van der Waals surface area contributed by atoms with Crippen LogP contribution in [0.1, 0.15) is 20.3 Å². The zero-order valence-electron chi connectivity index (χ0n) is 12.1. The zero-order valence-corrected chi connectivity index (χ0v) is 12.1. The van der Waals surface area contributed by atoms with Crippen molar-refractivity contribution < 1.29 is 13.5 Å². The Bertz CT molecular complexity index is 579. The van der Waals surface area contributed by atoms with E-state index in [1.807, 2.05) is 4.68 Å². The molecule has 2 aromatic rings. The molecule has 0 fully saturated rings. The molecule has 0 bridgehead atoms. The molecule has 0 spiro atoms. The van der Waals surface area contributed by atoms with Gasteiger partial charge in [-0.25, -0.2) is 0 Å². The molecule has 21 heavy (non-hydrogen) atoms. The fourth-order valence-corrected chi connectivity index (χ4v) is 1.96. The minimum Gasteiger partial charge on any atom is -0.435 e. The van der Waals surface area contributed by atoms with Crippen LogP contribution in [-0.2, 0) is 6.54 Å². The van der Waals surface area contributed by atoms with Crippen LogP contribution in [0.2, 0.25) is 0 Å². The van der Waals surface area contributed by atoms with Crippen molar-refractivity contribution in [3.63, 3.8) is 0 Å². The number of anilines is 1. The summed E-state index contributed by atoms with van der Waals surface area (Å²) in [6, 6.07) is 6.30. The maximum absolute atomic E-state index is 12.1. The van der Waals surface area contributed by atoms with Crippen LogP contribution in [0.15, 0.2) is 30.5 Å². The third kappa shape index (κ3) is 4.18. The highest BCUT2D eigenvalue weighted by atomic mass is 19.3. The molecule has 0 radical (unpaired) electrons. The Kier molecular flexibility index (Phi) is 4.77. The van der Waals surface area contributed by atoms with Crippen molar-refractivity contribution in [3.05, 3.63) is 30.5 Å². The molecule has 0 aliphatic heterocycles. The highest BCUT2D eigenvalue weighted by Gasteiger charge is 2.10. The number of aromatic nitrogens is 2. The van der Waals surface area contributed by atoms with Crippen molar-refractivity contribution in [1.29, 1.82) is 0 Å². The Morgan fingerprint density at radius 2 is 1.90 bits per heavy atom. The van der Waals surface area contributed by atoms with E-state index < -0.39 is 6.61 Å². The van der Waals surface area contributed by atoms with Crippen LogP contribution in [0.25, 0.3) is 11.3 Å². The number of aryl methyl sites for hydroxylation is 1.